The Morgan fingerprint density at radius 2 is 1.85 bits per heavy atom. The quantitative estimate of drug-likeness (QED) is 0.716. The number of para-hydroxylation sites is 1. The summed E-state index contributed by atoms with van der Waals surface area (Å²) in [5, 5.41) is 13.9. The van der Waals surface area contributed by atoms with Gasteiger partial charge in [0.2, 0.25) is 5.89 Å². The van der Waals surface area contributed by atoms with E-state index in [2.05, 4.69) is 24.0 Å². The third kappa shape index (κ3) is 4.53. The predicted octanol–water partition coefficient (Wildman–Crippen LogP) is 3.91. The number of rotatable bonds is 6. The van der Waals surface area contributed by atoms with Gasteiger partial charge in [0.25, 0.3) is 5.91 Å². The van der Waals surface area contributed by atoms with Gasteiger partial charge in [-0.3, -0.25) is 4.79 Å². The molecular formula is C21H23N3O3. The van der Waals surface area contributed by atoms with Crippen LogP contribution in [-0.4, -0.2) is 33.1 Å². The van der Waals surface area contributed by atoms with Gasteiger partial charge >= 0.3 is 0 Å². The predicted molar refractivity (Wildman–Crippen MR) is 102 cm³/mol. The van der Waals surface area contributed by atoms with Crippen LogP contribution in [0.5, 0.6) is 5.75 Å². The minimum atomic E-state index is -0.137. The fraction of sp³-hybridized carbons (Fsp3) is 0.286. The van der Waals surface area contributed by atoms with E-state index in [9.17, 15) is 9.90 Å². The van der Waals surface area contributed by atoms with Crippen LogP contribution in [0.2, 0.25) is 0 Å². The molecule has 0 fully saturated rings. The molecule has 1 aromatic heterocycles. The number of carbonyl (C=O) groups excluding carboxylic acids is 1. The molecule has 1 amide bonds. The van der Waals surface area contributed by atoms with Crippen molar-refractivity contribution < 1.29 is 14.4 Å². The van der Waals surface area contributed by atoms with E-state index in [0.29, 0.717) is 23.2 Å². The molecule has 0 aliphatic rings. The fourth-order valence-electron chi connectivity index (χ4n) is 2.81. The van der Waals surface area contributed by atoms with Crippen LogP contribution in [0.15, 0.2) is 53.1 Å². The smallest absolute Gasteiger partial charge is 0.254 e. The summed E-state index contributed by atoms with van der Waals surface area (Å²) in [6.45, 7) is 4.43. The second kappa shape index (κ2) is 8.03. The van der Waals surface area contributed by atoms with Gasteiger partial charge in [0.1, 0.15) is 5.75 Å². The molecule has 27 heavy (non-hydrogen) atoms. The van der Waals surface area contributed by atoms with E-state index < -0.39 is 0 Å². The van der Waals surface area contributed by atoms with Gasteiger partial charge < -0.3 is 14.5 Å². The zero-order chi connectivity index (χ0) is 19.4. The van der Waals surface area contributed by atoms with Crippen molar-refractivity contribution in [3.05, 3.63) is 65.8 Å². The lowest BCUT2D eigenvalue weighted by Crippen LogP contribution is -2.26. The van der Waals surface area contributed by atoms with E-state index in [4.69, 9.17) is 4.52 Å². The lowest BCUT2D eigenvalue weighted by atomic mass is 10.0. The van der Waals surface area contributed by atoms with Gasteiger partial charge in [-0.1, -0.05) is 49.3 Å². The minimum Gasteiger partial charge on any atom is -0.507 e. The second-order valence-electron chi connectivity index (χ2n) is 6.96. The molecule has 0 aliphatic carbocycles. The maximum atomic E-state index is 12.6. The number of carbonyl (C=O) groups is 1. The molecule has 0 bridgehead atoms. The summed E-state index contributed by atoms with van der Waals surface area (Å²) in [7, 11) is 1.70. The number of aromatic hydroxyl groups is 1. The number of phenols is 1. The van der Waals surface area contributed by atoms with Crippen LogP contribution >= 0.6 is 0 Å². The molecule has 2 aromatic carbocycles. The highest BCUT2D eigenvalue weighted by Crippen LogP contribution is 2.28. The van der Waals surface area contributed by atoms with Crippen LogP contribution < -0.4 is 0 Å². The summed E-state index contributed by atoms with van der Waals surface area (Å²) in [6, 6.07) is 14.3. The van der Waals surface area contributed by atoms with Crippen molar-refractivity contribution >= 4 is 5.91 Å². The Labute approximate surface area is 158 Å². The first-order valence-corrected chi connectivity index (χ1v) is 8.89. The monoisotopic (exact) mass is 365 g/mol. The number of hydrogen-bond acceptors (Lipinski definition) is 5. The van der Waals surface area contributed by atoms with Crippen molar-refractivity contribution in [2.75, 3.05) is 7.05 Å². The van der Waals surface area contributed by atoms with Crippen LogP contribution in [0.25, 0.3) is 11.1 Å². The molecule has 0 spiro atoms. The molecule has 3 rings (SSSR count). The Bertz CT molecular complexity index is 916. The Kier molecular flexibility index (Phi) is 5.54. The molecule has 0 saturated heterocycles. The molecule has 1 heterocycles. The molecule has 140 valence electrons. The summed E-state index contributed by atoms with van der Waals surface area (Å²) >= 11 is 0. The Balaban J connectivity index is 1.68. The highest BCUT2D eigenvalue weighted by Gasteiger charge is 2.16. The zero-order valence-corrected chi connectivity index (χ0v) is 15.7. The molecule has 6 heteroatoms. The topological polar surface area (TPSA) is 79.5 Å². The van der Waals surface area contributed by atoms with Gasteiger partial charge in [0.15, 0.2) is 5.82 Å². The summed E-state index contributed by atoms with van der Waals surface area (Å²) < 4.78 is 5.23. The van der Waals surface area contributed by atoms with E-state index in [1.54, 1.807) is 36.2 Å². The van der Waals surface area contributed by atoms with Crippen molar-refractivity contribution in [1.82, 2.24) is 15.0 Å². The Morgan fingerprint density at radius 1 is 1.15 bits per heavy atom. The third-order valence-electron chi connectivity index (χ3n) is 4.17. The lowest BCUT2D eigenvalue weighted by Gasteiger charge is -2.15. The van der Waals surface area contributed by atoms with Gasteiger partial charge in [0, 0.05) is 24.6 Å². The van der Waals surface area contributed by atoms with Crippen LogP contribution in [0.4, 0.5) is 0 Å². The largest absolute Gasteiger partial charge is 0.507 e. The summed E-state index contributed by atoms with van der Waals surface area (Å²) in [6.07, 6.45) is 0.745. The molecular weight excluding hydrogens is 342 g/mol. The number of benzene rings is 2. The van der Waals surface area contributed by atoms with Crippen molar-refractivity contribution in [3.63, 3.8) is 0 Å². The van der Waals surface area contributed by atoms with Crippen molar-refractivity contribution in [2.45, 2.75) is 26.8 Å². The highest BCUT2D eigenvalue weighted by atomic mass is 16.5. The molecule has 0 unspecified atom stereocenters. The second-order valence-corrected chi connectivity index (χ2v) is 6.96. The maximum absolute atomic E-state index is 12.6. The molecule has 3 aromatic rings. The van der Waals surface area contributed by atoms with Gasteiger partial charge in [-0.25, -0.2) is 0 Å². The first-order chi connectivity index (χ1) is 12.9. The SMILES string of the molecule is CC(C)Cc1noc(CN(C)C(=O)c2ccc(-c3ccccc3O)cc2)n1. The van der Waals surface area contributed by atoms with E-state index in [1.807, 2.05) is 24.3 Å². The highest BCUT2D eigenvalue weighted by molar-refractivity contribution is 5.94. The van der Waals surface area contributed by atoms with Crippen LogP contribution in [0, 0.1) is 5.92 Å². The van der Waals surface area contributed by atoms with Crippen molar-refractivity contribution in [1.29, 1.82) is 0 Å². The van der Waals surface area contributed by atoms with Gasteiger partial charge in [-0.05, 0) is 29.7 Å². The number of phenolic OH excluding ortho intramolecular Hbond substituents is 1. The van der Waals surface area contributed by atoms with Gasteiger partial charge in [0.05, 0.1) is 6.54 Å². The average Bonchev–Trinajstić information content (AvgIpc) is 3.07. The van der Waals surface area contributed by atoms with E-state index >= 15 is 0 Å². The van der Waals surface area contributed by atoms with Crippen LogP contribution in [-0.2, 0) is 13.0 Å². The van der Waals surface area contributed by atoms with Gasteiger partial charge in [-0.15, -0.1) is 0 Å². The molecule has 1 N–H and O–H groups in total. The first-order valence-electron chi connectivity index (χ1n) is 8.89. The van der Waals surface area contributed by atoms with E-state index in [-0.39, 0.29) is 18.2 Å². The normalized spacial score (nSPS) is 11.0. The molecule has 6 nitrogen and oxygen atoms in total. The van der Waals surface area contributed by atoms with E-state index in [1.165, 1.54) is 0 Å². The van der Waals surface area contributed by atoms with E-state index in [0.717, 1.165) is 17.5 Å². The number of amides is 1. The number of aromatic nitrogens is 2. The fourth-order valence-corrected chi connectivity index (χ4v) is 2.81. The van der Waals surface area contributed by atoms with Gasteiger partial charge in [-0.2, -0.15) is 4.98 Å². The average molecular weight is 365 g/mol. The molecule has 0 radical (unpaired) electrons. The summed E-state index contributed by atoms with van der Waals surface area (Å²) in [4.78, 5) is 18.5. The zero-order valence-electron chi connectivity index (χ0n) is 15.7. The summed E-state index contributed by atoms with van der Waals surface area (Å²) in [5.41, 5.74) is 2.13. The maximum Gasteiger partial charge on any atom is 0.254 e. The minimum absolute atomic E-state index is 0.137. The molecule has 0 aliphatic heterocycles. The summed E-state index contributed by atoms with van der Waals surface area (Å²) in [5.74, 6) is 1.60. The Morgan fingerprint density at radius 3 is 2.52 bits per heavy atom. The van der Waals surface area contributed by atoms with Crippen molar-refractivity contribution in [3.8, 4) is 16.9 Å². The van der Waals surface area contributed by atoms with Crippen molar-refractivity contribution in [2.24, 2.45) is 5.92 Å². The first kappa shape index (κ1) is 18.6. The standard InChI is InChI=1S/C21H23N3O3/c1-14(2)12-19-22-20(27-23-19)13-24(3)21(26)16-10-8-15(9-11-16)17-6-4-5-7-18(17)25/h4-11,14,25H,12-13H2,1-3H3. The third-order valence-corrected chi connectivity index (χ3v) is 4.17. The number of hydrogen-bond donors (Lipinski definition) is 1. The lowest BCUT2D eigenvalue weighted by molar-refractivity contribution is 0.0769. The molecule has 0 saturated carbocycles. The van der Waals surface area contributed by atoms with Crippen LogP contribution in [0.3, 0.4) is 0 Å². The van der Waals surface area contributed by atoms with Crippen LogP contribution in [0.1, 0.15) is 35.9 Å². The number of nitrogens with zero attached hydrogens (tertiary/aromatic N) is 3. The molecule has 0 atom stereocenters. The Hall–Kier alpha value is -3.15.